The minimum Gasteiger partial charge on any atom is -0.374 e. The highest BCUT2D eigenvalue weighted by Gasteiger charge is 2.28. The van der Waals surface area contributed by atoms with Crippen LogP contribution in [-0.2, 0) is 4.74 Å². The molecule has 0 bridgehead atoms. The molecule has 0 fully saturated rings. The Morgan fingerprint density at radius 1 is 1.27 bits per heavy atom. The Morgan fingerprint density at radius 2 is 1.93 bits per heavy atom. The highest BCUT2D eigenvalue weighted by Crippen LogP contribution is 2.31. The maximum Gasteiger partial charge on any atom is 0.193 e. The van der Waals surface area contributed by atoms with Crippen LogP contribution in [0.4, 0.5) is 0 Å². The quantitative estimate of drug-likeness (QED) is 0.762. The van der Waals surface area contributed by atoms with Crippen molar-refractivity contribution < 1.29 is 4.74 Å². The summed E-state index contributed by atoms with van der Waals surface area (Å²) >= 11 is 0. The van der Waals surface area contributed by atoms with Crippen LogP contribution >= 0.6 is 0 Å². The summed E-state index contributed by atoms with van der Waals surface area (Å²) in [5.41, 5.74) is 2.84. The zero-order chi connectivity index (χ0) is 10.8. The molecule has 0 radical (unpaired) electrons. The van der Waals surface area contributed by atoms with Gasteiger partial charge in [0.2, 0.25) is 0 Å². The van der Waals surface area contributed by atoms with Crippen LogP contribution in [0.5, 0.6) is 0 Å². The molecule has 0 aliphatic carbocycles. The smallest absolute Gasteiger partial charge is 0.193 e. The molecule has 2 nitrogen and oxygen atoms in total. The van der Waals surface area contributed by atoms with Crippen molar-refractivity contribution in [1.82, 2.24) is 0 Å². The monoisotopic (exact) mass is 202 g/mol. The number of hydrogen-bond acceptors (Lipinski definition) is 2. The lowest BCUT2D eigenvalue weighted by Crippen LogP contribution is -1.97. The predicted molar refractivity (Wildman–Crippen MR) is 60.6 cm³/mol. The van der Waals surface area contributed by atoms with E-state index in [-0.39, 0.29) is 11.5 Å². The van der Waals surface area contributed by atoms with Crippen LogP contribution < -0.4 is 5.43 Å². The second kappa shape index (κ2) is 3.99. The van der Waals surface area contributed by atoms with Crippen LogP contribution in [-0.4, -0.2) is 6.61 Å². The fraction of sp³-hybridized carbons (Fsp3) is 0.308. The lowest BCUT2D eigenvalue weighted by atomic mass is 10.1. The van der Waals surface area contributed by atoms with E-state index < -0.39 is 0 Å². The molecule has 2 aromatic carbocycles. The highest BCUT2D eigenvalue weighted by molar-refractivity contribution is 5.76. The first-order valence-corrected chi connectivity index (χ1v) is 5.21. The predicted octanol–water partition coefficient (Wildman–Crippen LogP) is 2.69. The number of rotatable bonds is 4. The third kappa shape index (κ3) is 1.85. The molecule has 0 saturated carbocycles. The molecule has 0 N–H and O–H groups in total. The number of ether oxygens (including phenoxy) is 1. The topological polar surface area (TPSA) is 26.3 Å². The minimum atomic E-state index is -0.0716. The van der Waals surface area contributed by atoms with Gasteiger partial charge in [0, 0.05) is 17.7 Å². The Balaban J connectivity index is 2.23. The van der Waals surface area contributed by atoms with Gasteiger partial charge in [-0.1, -0.05) is 30.3 Å². The van der Waals surface area contributed by atoms with Gasteiger partial charge in [0.15, 0.2) is 5.43 Å². The van der Waals surface area contributed by atoms with Crippen LogP contribution in [0.3, 0.4) is 0 Å². The lowest BCUT2D eigenvalue weighted by Gasteiger charge is -2.04. The molecular formula is C13H14O2. The average Bonchev–Trinajstić information content (AvgIpc) is 2.92. The third-order valence-corrected chi connectivity index (χ3v) is 2.56. The first-order valence-electron chi connectivity index (χ1n) is 5.21. The van der Waals surface area contributed by atoms with Crippen LogP contribution in [0.1, 0.15) is 25.5 Å². The molecular weight excluding hydrogens is 188 g/mol. The molecule has 1 unspecified atom stereocenters. The Kier molecular flexibility index (Phi) is 2.69. The second-order valence-electron chi connectivity index (χ2n) is 3.58. The molecule has 0 aliphatic rings. The van der Waals surface area contributed by atoms with Gasteiger partial charge in [-0.05, 0) is 19.4 Å². The second-order valence-corrected chi connectivity index (χ2v) is 3.58. The van der Waals surface area contributed by atoms with Gasteiger partial charge in [-0.2, -0.15) is 0 Å². The summed E-state index contributed by atoms with van der Waals surface area (Å²) in [6.07, 6.45) is -0.0716. The molecule has 0 aromatic heterocycles. The van der Waals surface area contributed by atoms with Crippen molar-refractivity contribution in [2.75, 3.05) is 6.61 Å². The Hall–Kier alpha value is -1.41. The molecule has 0 saturated heterocycles. The molecule has 78 valence electrons. The van der Waals surface area contributed by atoms with Crippen molar-refractivity contribution in [3.05, 3.63) is 46.1 Å². The van der Waals surface area contributed by atoms with Gasteiger partial charge < -0.3 is 4.74 Å². The van der Waals surface area contributed by atoms with Crippen molar-refractivity contribution in [2.24, 2.45) is 0 Å². The van der Waals surface area contributed by atoms with E-state index in [0.29, 0.717) is 6.61 Å². The summed E-state index contributed by atoms with van der Waals surface area (Å²) in [7, 11) is 0. The largest absolute Gasteiger partial charge is 0.374 e. The fourth-order valence-electron chi connectivity index (χ4n) is 1.80. The van der Waals surface area contributed by atoms with Gasteiger partial charge in [-0.25, -0.2) is 0 Å². The summed E-state index contributed by atoms with van der Waals surface area (Å²) in [6.45, 7) is 4.50. The molecule has 1 atom stereocenters. The summed E-state index contributed by atoms with van der Waals surface area (Å²) < 4.78 is 5.41. The first-order chi connectivity index (χ1) is 7.25. The molecule has 2 heteroatoms. The van der Waals surface area contributed by atoms with E-state index in [0.717, 1.165) is 16.7 Å². The van der Waals surface area contributed by atoms with E-state index in [1.165, 1.54) is 0 Å². The summed E-state index contributed by atoms with van der Waals surface area (Å²) in [5.74, 6) is 0. The van der Waals surface area contributed by atoms with E-state index in [4.69, 9.17) is 4.74 Å². The van der Waals surface area contributed by atoms with Crippen LogP contribution in [0.15, 0.2) is 35.1 Å². The summed E-state index contributed by atoms with van der Waals surface area (Å²) in [4.78, 5) is 11.6. The molecule has 0 heterocycles. The molecule has 2 aromatic rings. The lowest BCUT2D eigenvalue weighted by molar-refractivity contribution is 0.0786. The van der Waals surface area contributed by atoms with Gasteiger partial charge in [-0.15, -0.1) is 0 Å². The van der Waals surface area contributed by atoms with Crippen molar-refractivity contribution >= 4 is 0 Å². The summed E-state index contributed by atoms with van der Waals surface area (Å²) in [5, 5.41) is 0. The van der Waals surface area contributed by atoms with Gasteiger partial charge in [0.25, 0.3) is 0 Å². The zero-order valence-electron chi connectivity index (χ0n) is 8.99. The number of benzene rings is 1. The van der Waals surface area contributed by atoms with Gasteiger partial charge in [0.05, 0.1) is 6.10 Å². The summed E-state index contributed by atoms with van der Waals surface area (Å²) in [6, 6.07) is 9.74. The van der Waals surface area contributed by atoms with Gasteiger partial charge in [0.1, 0.15) is 0 Å². The van der Waals surface area contributed by atoms with E-state index in [2.05, 4.69) is 0 Å². The molecule has 0 aliphatic heterocycles. The Morgan fingerprint density at radius 3 is 2.53 bits per heavy atom. The average molecular weight is 202 g/mol. The van der Waals surface area contributed by atoms with Crippen molar-refractivity contribution in [3.63, 3.8) is 0 Å². The SMILES string of the molecule is CCOC(C)c1c(-c2ccccc2)c1=O. The molecule has 0 spiro atoms. The molecule has 0 amide bonds. The molecule has 2 rings (SSSR count). The van der Waals surface area contributed by atoms with E-state index in [9.17, 15) is 4.79 Å². The molecule has 15 heavy (non-hydrogen) atoms. The number of hydrogen-bond donors (Lipinski definition) is 0. The first kappa shape index (κ1) is 10.1. The minimum absolute atomic E-state index is 0.0716. The maximum absolute atomic E-state index is 11.6. The normalized spacial score (nSPS) is 13.2. The van der Waals surface area contributed by atoms with Crippen LogP contribution in [0.25, 0.3) is 11.1 Å². The van der Waals surface area contributed by atoms with Crippen molar-refractivity contribution in [1.29, 1.82) is 0 Å². The van der Waals surface area contributed by atoms with Crippen LogP contribution in [0.2, 0.25) is 0 Å². The Bertz CT molecular complexity index is 450. The van der Waals surface area contributed by atoms with E-state index in [1.54, 1.807) is 0 Å². The van der Waals surface area contributed by atoms with Crippen LogP contribution in [0, 0.1) is 0 Å². The zero-order valence-corrected chi connectivity index (χ0v) is 8.99. The van der Waals surface area contributed by atoms with Crippen molar-refractivity contribution in [2.45, 2.75) is 20.0 Å². The Labute approximate surface area is 89.2 Å². The van der Waals surface area contributed by atoms with Crippen molar-refractivity contribution in [3.8, 4) is 11.1 Å². The highest BCUT2D eigenvalue weighted by atomic mass is 16.5. The van der Waals surface area contributed by atoms with E-state index in [1.807, 2.05) is 44.2 Å². The third-order valence-electron chi connectivity index (χ3n) is 2.56. The van der Waals surface area contributed by atoms with E-state index >= 15 is 0 Å². The van der Waals surface area contributed by atoms with Gasteiger partial charge in [-0.3, -0.25) is 4.79 Å². The fourth-order valence-corrected chi connectivity index (χ4v) is 1.80. The maximum atomic E-state index is 11.6. The van der Waals surface area contributed by atoms with Gasteiger partial charge >= 0.3 is 0 Å². The standard InChI is InChI=1S/C13H14O2/c1-3-15-9(2)11-12(13(11)14)10-7-5-4-6-8-10/h4-9H,3H2,1-2H3.